The van der Waals surface area contributed by atoms with E-state index in [1.807, 2.05) is 0 Å². The Kier molecular flexibility index (Phi) is 2.12. The van der Waals surface area contributed by atoms with Crippen LogP contribution in [0.5, 0.6) is 0 Å². The van der Waals surface area contributed by atoms with E-state index < -0.39 is 6.04 Å². The van der Waals surface area contributed by atoms with Gasteiger partial charge in [0, 0.05) is 12.1 Å². The molecule has 76 valence electrons. The quantitative estimate of drug-likeness (QED) is 0.565. The Balaban J connectivity index is 2.21. The molecule has 0 saturated carbocycles. The number of fused-ring (bicyclic) bond motifs is 1. The highest BCUT2D eigenvalue weighted by Crippen LogP contribution is 2.27. The average Bonchev–Trinajstić information content (AvgIpc) is 2.69. The van der Waals surface area contributed by atoms with Crippen LogP contribution in [0.3, 0.4) is 0 Å². The topological polar surface area (TPSA) is 93.0 Å². The molecule has 6 heteroatoms. The number of esters is 1. The number of nitrogens with zero attached hydrogens (tertiary/aromatic N) is 1. The van der Waals surface area contributed by atoms with E-state index in [0.717, 1.165) is 11.3 Å². The first-order valence-corrected chi connectivity index (χ1v) is 4.46. The second-order valence-electron chi connectivity index (χ2n) is 3.07. The minimum absolute atomic E-state index is 0.296. The zero-order valence-corrected chi connectivity index (χ0v) is 7.83. The maximum atomic E-state index is 11.4. The summed E-state index contributed by atoms with van der Waals surface area (Å²) in [5.41, 5.74) is 7.18. The molecule has 1 aliphatic rings. The van der Waals surface area contributed by atoms with Crippen molar-refractivity contribution in [2.24, 2.45) is 0 Å². The summed E-state index contributed by atoms with van der Waals surface area (Å²) in [5.74, 6) is 0.147. The number of nitrogen functional groups attached to an aromatic ring is 1. The molecular weight excluding hydrogens is 184 g/mol. The molecule has 0 aliphatic carbocycles. The van der Waals surface area contributed by atoms with Crippen LogP contribution in [-0.2, 0) is 16.1 Å². The fraction of sp³-hybridized carbons (Fsp3) is 0.500. The van der Waals surface area contributed by atoms with Crippen molar-refractivity contribution < 1.29 is 9.53 Å². The molecule has 2 rings (SSSR count). The SMILES string of the molecule is CCOC(=O)C1NCc2c(N)n[nH]c21. The first kappa shape index (κ1) is 9.01. The Morgan fingerprint density at radius 3 is 3.29 bits per heavy atom. The van der Waals surface area contributed by atoms with E-state index in [0.29, 0.717) is 19.0 Å². The number of rotatable bonds is 2. The molecule has 14 heavy (non-hydrogen) atoms. The van der Waals surface area contributed by atoms with Crippen LogP contribution in [-0.4, -0.2) is 22.8 Å². The molecule has 6 nitrogen and oxygen atoms in total. The summed E-state index contributed by atoms with van der Waals surface area (Å²) in [6.07, 6.45) is 0. The maximum Gasteiger partial charge on any atom is 0.329 e. The molecule has 1 aliphatic heterocycles. The fourth-order valence-electron chi connectivity index (χ4n) is 1.55. The van der Waals surface area contributed by atoms with Crippen molar-refractivity contribution in [2.75, 3.05) is 12.3 Å². The zero-order chi connectivity index (χ0) is 10.1. The summed E-state index contributed by atoms with van der Waals surface area (Å²) < 4.78 is 4.90. The second kappa shape index (κ2) is 3.30. The van der Waals surface area contributed by atoms with Gasteiger partial charge in [-0.1, -0.05) is 0 Å². The standard InChI is InChI=1S/C8H12N4O2/c1-2-14-8(13)6-5-4(3-10-6)7(9)12-11-5/h6,10H,2-3H2,1H3,(H3,9,11,12). The Morgan fingerprint density at radius 1 is 1.79 bits per heavy atom. The molecule has 0 bridgehead atoms. The number of carbonyl (C=O) groups excluding carboxylic acids is 1. The van der Waals surface area contributed by atoms with Crippen LogP contribution in [0, 0.1) is 0 Å². The molecule has 1 aromatic heterocycles. The Labute approximate surface area is 80.8 Å². The molecule has 1 aromatic rings. The third-order valence-electron chi connectivity index (χ3n) is 2.23. The number of aromatic nitrogens is 2. The van der Waals surface area contributed by atoms with Crippen LogP contribution in [0.1, 0.15) is 24.2 Å². The highest BCUT2D eigenvalue weighted by molar-refractivity contribution is 5.79. The lowest BCUT2D eigenvalue weighted by Gasteiger charge is -2.08. The summed E-state index contributed by atoms with van der Waals surface area (Å²) in [6, 6.07) is -0.449. The van der Waals surface area contributed by atoms with Gasteiger partial charge in [0.25, 0.3) is 0 Å². The average molecular weight is 196 g/mol. The van der Waals surface area contributed by atoms with Crippen LogP contribution < -0.4 is 11.1 Å². The first-order chi connectivity index (χ1) is 6.74. The van der Waals surface area contributed by atoms with Crippen LogP contribution >= 0.6 is 0 Å². The molecule has 2 heterocycles. The number of hydrogen-bond donors (Lipinski definition) is 3. The molecule has 0 saturated heterocycles. The summed E-state index contributed by atoms with van der Waals surface area (Å²) >= 11 is 0. The summed E-state index contributed by atoms with van der Waals surface area (Å²) in [7, 11) is 0. The van der Waals surface area contributed by atoms with Crippen molar-refractivity contribution >= 4 is 11.8 Å². The van der Waals surface area contributed by atoms with Gasteiger partial charge in [-0.05, 0) is 6.92 Å². The van der Waals surface area contributed by atoms with Crippen molar-refractivity contribution in [3.63, 3.8) is 0 Å². The molecule has 0 spiro atoms. The van der Waals surface area contributed by atoms with Crippen LogP contribution in [0.4, 0.5) is 5.82 Å². The van der Waals surface area contributed by atoms with E-state index in [9.17, 15) is 4.79 Å². The largest absolute Gasteiger partial charge is 0.465 e. The number of anilines is 1. The van der Waals surface area contributed by atoms with E-state index >= 15 is 0 Å². The molecule has 4 N–H and O–H groups in total. The number of aromatic amines is 1. The van der Waals surface area contributed by atoms with E-state index in [1.165, 1.54) is 0 Å². The van der Waals surface area contributed by atoms with Crippen molar-refractivity contribution in [1.29, 1.82) is 0 Å². The van der Waals surface area contributed by atoms with E-state index in [-0.39, 0.29) is 5.97 Å². The highest BCUT2D eigenvalue weighted by Gasteiger charge is 2.32. The molecular formula is C8H12N4O2. The Hall–Kier alpha value is -1.56. The van der Waals surface area contributed by atoms with Crippen molar-refractivity contribution in [1.82, 2.24) is 15.5 Å². The lowest BCUT2D eigenvalue weighted by Crippen LogP contribution is -2.24. The molecule has 0 radical (unpaired) electrons. The van der Waals surface area contributed by atoms with Crippen molar-refractivity contribution in [3.05, 3.63) is 11.3 Å². The van der Waals surface area contributed by atoms with Crippen LogP contribution in [0.25, 0.3) is 0 Å². The van der Waals surface area contributed by atoms with Crippen molar-refractivity contribution in [3.8, 4) is 0 Å². The smallest absolute Gasteiger partial charge is 0.329 e. The van der Waals surface area contributed by atoms with Gasteiger partial charge in [0.05, 0.1) is 12.3 Å². The number of hydrogen-bond acceptors (Lipinski definition) is 5. The first-order valence-electron chi connectivity index (χ1n) is 4.46. The number of ether oxygens (including phenoxy) is 1. The van der Waals surface area contributed by atoms with Gasteiger partial charge in [0.15, 0.2) is 0 Å². The van der Waals surface area contributed by atoms with Gasteiger partial charge in [-0.3, -0.25) is 10.4 Å². The summed E-state index contributed by atoms with van der Waals surface area (Å²) in [4.78, 5) is 11.4. The number of nitrogens with one attached hydrogen (secondary N) is 2. The van der Waals surface area contributed by atoms with Gasteiger partial charge in [-0.25, -0.2) is 4.79 Å². The van der Waals surface area contributed by atoms with Gasteiger partial charge >= 0.3 is 5.97 Å². The minimum atomic E-state index is -0.449. The van der Waals surface area contributed by atoms with Gasteiger partial charge in [-0.2, -0.15) is 5.10 Å². The summed E-state index contributed by atoms with van der Waals surface area (Å²) in [5, 5.41) is 9.57. The summed E-state index contributed by atoms with van der Waals surface area (Å²) in [6.45, 7) is 2.70. The molecule has 0 amide bonds. The lowest BCUT2D eigenvalue weighted by atomic mass is 10.2. The van der Waals surface area contributed by atoms with E-state index in [4.69, 9.17) is 10.5 Å². The third kappa shape index (κ3) is 1.24. The molecule has 0 fully saturated rings. The van der Waals surface area contributed by atoms with E-state index in [2.05, 4.69) is 15.5 Å². The number of nitrogens with two attached hydrogens (primary N) is 1. The van der Waals surface area contributed by atoms with Crippen LogP contribution in [0.15, 0.2) is 0 Å². The Bertz CT molecular complexity index is 360. The van der Waals surface area contributed by atoms with Gasteiger partial charge in [0.2, 0.25) is 0 Å². The fourth-order valence-corrected chi connectivity index (χ4v) is 1.55. The van der Waals surface area contributed by atoms with Crippen LogP contribution in [0.2, 0.25) is 0 Å². The van der Waals surface area contributed by atoms with Gasteiger partial charge < -0.3 is 10.5 Å². The Morgan fingerprint density at radius 2 is 2.57 bits per heavy atom. The van der Waals surface area contributed by atoms with Gasteiger partial charge in [0.1, 0.15) is 11.9 Å². The predicted octanol–water partition coefficient (Wildman–Crippen LogP) is -0.301. The molecule has 1 atom stereocenters. The maximum absolute atomic E-state index is 11.4. The normalized spacial score (nSPS) is 19.4. The lowest BCUT2D eigenvalue weighted by molar-refractivity contribution is -0.145. The highest BCUT2D eigenvalue weighted by atomic mass is 16.5. The number of carbonyl (C=O) groups is 1. The second-order valence-corrected chi connectivity index (χ2v) is 3.07. The zero-order valence-electron chi connectivity index (χ0n) is 7.83. The van der Waals surface area contributed by atoms with Crippen molar-refractivity contribution in [2.45, 2.75) is 19.5 Å². The molecule has 0 aromatic carbocycles. The number of H-pyrrole nitrogens is 1. The molecule has 1 unspecified atom stereocenters. The third-order valence-corrected chi connectivity index (χ3v) is 2.23. The monoisotopic (exact) mass is 196 g/mol. The minimum Gasteiger partial charge on any atom is -0.465 e. The van der Waals surface area contributed by atoms with E-state index in [1.54, 1.807) is 6.92 Å². The predicted molar refractivity (Wildman–Crippen MR) is 49.2 cm³/mol. The van der Waals surface area contributed by atoms with Gasteiger partial charge in [-0.15, -0.1) is 0 Å².